The highest BCUT2D eigenvalue weighted by Crippen LogP contribution is 2.28. The van der Waals surface area contributed by atoms with Gasteiger partial charge in [0.15, 0.2) is 0 Å². The fourth-order valence-electron chi connectivity index (χ4n) is 3.42. The van der Waals surface area contributed by atoms with Gasteiger partial charge in [-0.25, -0.2) is 9.78 Å². The molecule has 0 unspecified atom stereocenters. The van der Waals surface area contributed by atoms with E-state index >= 15 is 0 Å². The topological polar surface area (TPSA) is 77.5 Å². The molecule has 0 spiro atoms. The Labute approximate surface area is 192 Å². The summed E-state index contributed by atoms with van der Waals surface area (Å²) in [6, 6.07) is 13.2. The minimum Gasteiger partial charge on any atom is -0.480 e. The number of esters is 1. The lowest BCUT2D eigenvalue weighted by atomic mass is 9.86. The predicted molar refractivity (Wildman–Crippen MR) is 125 cm³/mol. The molecule has 1 amide bonds. The molecule has 1 aromatic heterocycles. The van der Waals surface area contributed by atoms with E-state index in [1.807, 2.05) is 12.1 Å². The van der Waals surface area contributed by atoms with Crippen LogP contribution in [0.15, 0.2) is 42.5 Å². The summed E-state index contributed by atoms with van der Waals surface area (Å²) in [7, 11) is 2.73. The van der Waals surface area contributed by atoms with Crippen molar-refractivity contribution >= 4 is 34.4 Å². The van der Waals surface area contributed by atoms with E-state index in [-0.39, 0.29) is 35.7 Å². The summed E-state index contributed by atoms with van der Waals surface area (Å²) >= 11 is 6.27. The van der Waals surface area contributed by atoms with Crippen LogP contribution in [0.25, 0.3) is 10.9 Å². The Bertz CT molecular complexity index is 1150. The molecule has 1 N–H and O–H groups in total. The maximum absolute atomic E-state index is 12.5. The molecule has 0 aliphatic rings. The first-order chi connectivity index (χ1) is 15.1. The van der Waals surface area contributed by atoms with Crippen LogP contribution in [0.2, 0.25) is 5.02 Å². The number of rotatable bonds is 6. The molecule has 1 heterocycles. The van der Waals surface area contributed by atoms with Gasteiger partial charge < -0.3 is 14.8 Å². The number of aromatic nitrogens is 1. The smallest absolute Gasteiger partial charge is 0.343 e. The Morgan fingerprint density at radius 3 is 2.34 bits per heavy atom. The van der Waals surface area contributed by atoms with Crippen molar-refractivity contribution in [1.29, 1.82) is 0 Å². The number of pyridine rings is 1. The molecule has 0 saturated carbocycles. The molecule has 0 atom stereocenters. The van der Waals surface area contributed by atoms with Gasteiger partial charge >= 0.3 is 5.97 Å². The lowest BCUT2D eigenvalue weighted by molar-refractivity contribution is -0.120. The van der Waals surface area contributed by atoms with Crippen LogP contribution in [0.3, 0.4) is 0 Å². The number of hydrogen-bond acceptors (Lipinski definition) is 5. The molecule has 0 radical (unpaired) electrons. The lowest BCUT2D eigenvalue weighted by Gasteiger charge is -2.19. The number of hydrogen-bond donors (Lipinski definition) is 1. The third kappa shape index (κ3) is 5.37. The van der Waals surface area contributed by atoms with E-state index in [1.165, 1.54) is 19.8 Å². The Morgan fingerprint density at radius 2 is 1.75 bits per heavy atom. The van der Waals surface area contributed by atoms with E-state index < -0.39 is 5.97 Å². The number of halogens is 1. The summed E-state index contributed by atoms with van der Waals surface area (Å²) in [6.45, 7) is 6.70. The Morgan fingerprint density at radius 1 is 1.06 bits per heavy atom. The maximum Gasteiger partial charge on any atom is 0.343 e. The van der Waals surface area contributed by atoms with Gasteiger partial charge in [0.05, 0.1) is 26.2 Å². The van der Waals surface area contributed by atoms with Gasteiger partial charge in [0.2, 0.25) is 11.8 Å². The number of amides is 1. The first-order valence-electron chi connectivity index (χ1n) is 10.2. The molecule has 0 bridgehead atoms. The second kappa shape index (κ2) is 9.57. The third-order valence-electron chi connectivity index (χ3n) is 5.19. The number of carbonyl (C=O) groups is 2. The number of fused-ring (bicyclic) bond motifs is 1. The molecule has 6 nitrogen and oxygen atoms in total. The van der Waals surface area contributed by atoms with Crippen molar-refractivity contribution in [3.63, 3.8) is 0 Å². The highest BCUT2D eigenvalue weighted by atomic mass is 35.5. The normalized spacial score (nSPS) is 11.3. The highest BCUT2D eigenvalue weighted by molar-refractivity contribution is 6.31. The average Bonchev–Trinajstić information content (AvgIpc) is 2.75. The molecule has 2 aromatic carbocycles. The van der Waals surface area contributed by atoms with Crippen LogP contribution in [0.5, 0.6) is 5.88 Å². The van der Waals surface area contributed by atoms with Crippen molar-refractivity contribution in [2.24, 2.45) is 0 Å². The lowest BCUT2D eigenvalue weighted by Crippen LogP contribution is -2.25. The van der Waals surface area contributed by atoms with Crippen LogP contribution in [-0.2, 0) is 27.9 Å². The molecule has 3 rings (SSSR count). The van der Waals surface area contributed by atoms with Crippen LogP contribution >= 0.6 is 11.6 Å². The fraction of sp³-hybridized carbons (Fsp3) is 0.320. The van der Waals surface area contributed by atoms with Crippen molar-refractivity contribution in [2.45, 2.75) is 39.2 Å². The van der Waals surface area contributed by atoms with Gasteiger partial charge in [-0.1, -0.05) is 56.6 Å². The quantitative estimate of drug-likeness (QED) is 0.539. The van der Waals surface area contributed by atoms with Gasteiger partial charge in [-0.05, 0) is 40.3 Å². The zero-order valence-electron chi connectivity index (χ0n) is 18.9. The van der Waals surface area contributed by atoms with Crippen molar-refractivity contribution in [3.8, 4) is 5.88 Å². The molecule has 32 heavy (non-hydrogen) atoms. The number of benzene rings is 2. The van der Waals surface area contributed by atoms with Gasteiger partial charge in [0.1, 0.15) is 5.56 Å². The third-order valence-corrected chi connectivity index (χ3v) is 5.40. The van der Waals surface area contributed by atoms with Crippen LogP contribution in [0.1, 0.15) is 47.8 Å². The second-order valence-electron chi connectivity index (χ2n) is 8.57. The molecule has 7 heteroatoms. The van der Waals surface area contributed by atoms with Gasteiger partial charge in [-0.3, -0.25) is 4.79 Å². The number of ether oxygens (including phenoxy) is 2. The largest absolute Gasteiger partial charge is 0.480 e. The monoisotopic (exact) mass is 454 g/mol. The maximum atomic E-state index is 12.5. The number of carbonyl (C=O) groups excluding carboxylic acids is 2. The van der Waals surface area contributed by atoms with Crippen LogP contribution in [-0.4, -0.2) is 31.1 Å². The minimum absolute atomic E-state index is 0.0657. The number of nitrogens with one attached hydrogen (secondary N) is 1. The molecular formula is C25H27ClN2O4. The molecule has 0 aliphatic carbocycles. The Hall–Kier alpha value is -3.12. The van der Waals surface area contributed by atoms with Crippen LogP contribution in [0.4, 0.5) is 0 Å². The Balaban J connectivity index is 1.79. The first-order valence-corrected chi connectivity index (χ1v) is 10.6. The van der Waals surface area contributed by atoms with Gasteiger partial charge in [0, 0.05) is 17.0 Å². The molecule has 0 aliphatic heterocycles. The summed E-state index contributed by atoms with van der Waals surface area (Å²) in [5.74, 6) is -0.512. The van der Waals surface area contributed by atoms with Gasteiger partial charge in [-0.2, -0.15) is 0 Å². The van der Waals surface area contributed by atoms with E-state index in [1.54, 1.807) is 18.2 Å². The number of nitrogens with zero attached hydrogens (tertiary/aromatic N) is 1. The first kappa shape index (κ1) is 23.5. The number of methoxy groups -OCH3 is 2. The van der Waals surface area contributed by atoms with Crippen molar-refractivity contribution in [1.82, 2.24) is 10.3 Å². The molecule has 3 aromatic rings. The van der Waals surface area contributed by atoms with Gasteiger partial charge in [0.25, 0.3) is 0 Å². The molecule has 168 valence electrons. The summed E-state index contributed by atoms with van der Waals surface area (Å²) in [5.41, 5.74) is 3.74. The summed E-state index contributed by atoms with van der Waals surface area (Å²) in [5, 5.41) is 4.06. The van der Waals surface area contributed by atoms with Crippen molar-refractivity contribution < 1.29 is 19.1 Å². The Kier molecular flexibility index (Phi) is 7.04. The average molecular weight is 455 g/mol. The van der Waals surface area contributed by atoms with Crippen LogP contribution < -0.4 is 10.1 Å². The molecular weight excluding hydrogens is 428 g/mol. The summed E-state index contributed by atoms with van der Waals surface area (Å²) < 4.78 is 10.1. The fourth-order valence-corrected chi connectivity index (χ4v) is 3.66. The van der Waals surface area contributed by atoms with E-state index in [9.17, 15) is 9.59 Å². The van der Waals surface area contributed by atoms with E-state index in [2.05, 4.69) is 43.2 Å². The predicted octanol–water partition coefficient (Wildman–Crippen LogP) is 4.84. The summed E-state index contributed by atoms with van der Waals surface area (Å²) in [4.78, 5) is 29.0. The SMILES string of the molecule is COC(=O)c1cc2cc(Cl)cc(CNC(=O)Cc3ccc(C(C)(C)C)cc3)c2nc1OC. The molecule has 0 saturated heterocycles. The molecule has 0 fully saturated rings. The van der Waals surface area contributed by atoms with E-state index in [4.69, 9.17) is 21.1 Å². The standard InChI is InChI=1S/C25H27ClN2O4/c1-25(2,3)18-8-6-15(7-9-18)10-21(29)27-14-17-12-19(26)11-16-13-20(24(30)32-5)23(31-4)28-22(16)17/h6-9,11-13H,10,14H2,1-5H3,(H,27,29). The van der Waals surface area contributed by atoms with Crippen molar-refractivity contribution in [3.05, 3.63) is 69.7 Å². The summed E-state index contributed by atoms with van der Waals surface area (Å²) in [6.07, 6.45) is 0.270. The minimum atomic E-state index is -0.552. The van der Waals surface area contributed by atoms with Gasteiger partial charge in [-0.15, -0.1) is 0 Å². The highest BCUT2D eigenvalue weighted by Gasteiger charge is 2.18. The zero-order valence-corrected chi connectivity index (χ0v) is 19.7. The second-order valence-corrected chi connectivity index (χ2v) is 9.01. The van der Waals surface area contributed by atoms with Crippen LogP contribution in [0, 0.1) is 0 Å². The zero-order chi connectivity index (χ0) is 23.5. The van der Waals surface area contributed by atoms with E-state index in [0.717, 1.165) is 11.1 Å². The van der Waals surface area contributed by atoms with E-state index in [0.29, 0.717) is 15.9 Å². The van der Waals surface area contributed by atoms with Crippen molar-refractivity contribution in [2.75, 3.05) is 14.2 Å².